The molecule has 1 saturated heterocycles. The summed E-state index contributed by atoms with van der Waals surface area (Å²) in [5.41, 5.74) is 8.94. The minimum Gasteiger partial charge on any atom is -0.398 e. The minimum absolute atomic E-state index is 0.0763. The van der Waals surface area contributed by atoms with E-state index < -0.39 is 0 Å². The first-order valence-electron chi connectivity index (χ1n) is 8.44. The predicted molar refractivity (Wildman–Crippen MR) is 100 cm³/mol. The molecular weight excluding hydrogens is 354 g/mol. The van der Waals surface area contributed by atoms with E-state index in [4.69, 9.17) is 17.3 Å². The maximum Gasteiger partial charge on any atom is 0.325 e. The van der Waals surface area contributed by atoms with Gasteiger partial charge in [0.25, 0.3) is 5.91 Å². The third-order valence-corrected chi connectivity index (χ3v) is 5.15. The molecule has 3 heterocycles. The van der Waals surface area contributed by atoms with E-state index in [0.717, 1.165) is 23.9 Å². The molecule has 2 aromatic heterocycles. The van der Waals surface area contributed by atoms with Gasteiger partial charge in [-0.25, -0.2) is 9.78 Å². The molecule has 3 aromatic rings. The van der Waals surface area contributed by atoms with E-state index in [9.17, 15) is 9.59 Å². The molecule has 1 aromatic carbocycles. The molecule has 0 spiro atoms. The van der Waals surface area contributed by atoms with E-state index in [2.05, 4.69) is 15.0 Å². The van der Waals surface area contributed by atoms with Crippen LogP contribution in [0.2, 0.25) is 5.02 Å². The highest BCUT2D eigenvalue weighted by Gasteiger charge is 2.27. The molecule has 4 N–H and O–H groups in total. The van der Waals surface area contributed by atoms with Crippen molar-refractivity contribution in [3.05, 3.63) is 57.1 Å². The lowest BCUT2D eigenvalue weighted by molar-refractivity contribution is 0.0714. The fourth-order valence-electron chi connectivity index (χ4n) is 3.59. The zero-order valence-corrected chi connectivity index (χ0v) is 14.7. The number of hydrogen-bond donors (Lipinski definition) is 3. The number of H-pyrrole nitrogens is 2. The quantitative estimate of drug-likeness (QED) is 0.601. The highest BCUT2D eigenvalue weighted by molar-refractivity contribution is 6.31. The molecule has 0 bridgehead atoms. The van der Waals surface area contributed by atoms with Gasteiger partial charge in [0.05, 0.1) is 11.1 Å². The van der Waals surface area contributed by atoms with E-state index >= 15 is 0 Å². The Balaban J connectivity index is 1.51. The normalized spacial score (nSPS) is 15.5. The Morgan fingerprint density at radius 1 is 1.23 bits per heavy atom. The maximum atomic E-state index is 12.7. The van der Waals surface area contributed by atoms with Crippen molar-refractivity contribution in [2.75, 3.05) is 18.8 Å². The van der Waals surface area contributed by atoms with Crippen LogP contribution in [0.1, 0.15) is 34.7 Å². The molecule has 0 atom stereocenters. The third kappa shape index (κ3) is 2.94. The van der Waals surface area contributed by atoms with E-state index in [1.807, 2.05) is 11.0 Å². The van der Waals surface area contributed by atoms with Gasteiger partial charge in [-0.3, -0.25) is 9.78 Å². The standard InChI is InChI=1S/C18H18ClN5O2/c19-11-1-2-13(14(20)9-11)17(25)24-7-4-10(5-8-24)12-3-6-21-16-15(12)22-18(26)23-16/h1-3,6,9-10H,4-5,7-8,20H2,(H2,21,22,23,26). The molecule has 1 fully saturated rings. The van der Waals surface area contributed by atoms with Crippen molar-refractivity contribution in [3.63, 3.8) is 0 Å². The smallest absolute Gasteiger partial charge is 0.325 e. The second kappa shape index (κ2) is 6.49. The van der Waals surface area contributed by atoms with Crippen LogP contribution in [-0.2, 0) is 0 Å². The number of pyridine rings is 1. The number of anilines is 1. The number of rotatable bonds is 2. The number of imidazole rings is 1. The van der Waals surface area contributed by atoms with Crippen molar-refractivity contribution < 1.29 is 4.79 Å². The van der Waals surface area contributed by atoms with Crippen molar-refractivity contribution in [2.24, 2.45) is 0 Å². The van der Waals surface area contributed by atoms with Crippen LogP contribution in [0.4, 0.5) is 5.69 Å². The number of halogens is 1. The number of fused-ring (bicyclic) bond motifs is 1. The summed E-state index contributed by atoms with van der Waals surface area (Å²) >= 11 is 5.91. The lowest BCUT2D eigenvalue weighted by atomic mass is 9.89. The number of nitrogens with one attached hydrogen (secondary N) is 2. The molecule has 0 aliphatic carbocycles. The molecule has 7 nitrogen and oxygen atoms in total. The zero-order chi connectivity index (χ0) is 18.3. The largest absolute Gasteiger partial charge is 0.398 e. The predicted octanol–water partition coefficient (Wildman–Crippen LogP) is 2.51. The molecule has 0 radical (unpaired) electrons. The van der Waals surface area contributed by atoms with Crippen LogP contribution in [-0.4, -0.2) is 38.8 Å². The van der Waals surface area contributed by atoms with Gasteiger partial charge in [-0.15, -0.1) is 0 Å². The fraction of sp³-hybridized carbons (Fsp3) is 0.278. The molecule has 8 heteroatoms. The monoisotopic (exact) mass is 371 g/mol. The molecule has 1 amide bonds. The number of carbonyl (C=O) groups excluding carboxylic acids is 1. The zero-order valence-electron chi connectivity index (χ0n) is 14.0. The van der Waals surface area contributed by atoms with Gasteiger partial charge < -0.3 is 15.6 Å². The Bertz CT molecular complexity index is 1030. The molecule has 1 aliphatic heterocycles. The van der Waals surface area contributed by atoms with Gasteiger partial charge in [0.2, 0.25) is 0 Å². The van der Waals surface area contributed by atoms with Crippen molar-refractivity contribution >= 4 is 34.4 Å². The number of nitrogens with two attached hydrogens (primary N) is 1. The summed E-state index contributed by atoms with van der Waals surface area (Å²) in [6.45, 7) is 1.26. The first-order valence-corrected chi connectivity index (χ1v) is 8.82. The number of piperidine rings is 1. The molecule has 0 saturated carbocycles. The highest BCUT2D eigenvalue weighted by atomic mass is 35.5. The van der Waals surface area contributed by atoms with Crippen molar-refractivity contribution in [1.29, 1.82) is 0 Å². The summed E-state index contributed by atoms with van der Waals surface area (Å²) < 4.78 is 0. The van der Waals surface area contributed by atoms with Crippen LogP contribution in [0.3, 0.4) is 0 Å². The van der Waals surface area contributed by atoms with Crippen LogP contribution in [0.5, 0.6) is 0 Å². The first kappa shape index (κ1) is 16.7. The van der Waals surface area contributed by atoms with Gasteiger partial charge in [-0.2, -0.15) is 0 Å². The summed E-state index contributed by atoms with van der Waals surface area (Å²) in [4.78, 5) is 35.8. The summed E-state index contributed by atoms with van der Waals surface area (Å²) in [5, 5.41) is 0.514. The van der Waals surface area contributed by atoms with Crippen LogP contribution in [0, 0.1) is 0 Å². The summed E-state index contributed by atoms with van der Waals surface area (Å²) in [6.07, 6.45) is 3.32. The van der Waals surface area contributed by atoms with Gasteiger partial charge in [0.1, 0.15) is 0 Å². The third-order valence-electron chi connectivity index (χ3n) is 4.92. The molecule has 134 valence electrons. The number of benzene rings is 1. The summed E-state index contributed by atoms with van der Waals surface area (Å²) in [6, 6.07) is 6.87. The molecule has 0 unspecified atom stereocenters. The lowest BCUT2D eigenvalue weighted by Gasteiger charge is -2.32. The Morgan fingerprint density at radius 3 is 2.73 bits per heavy atom. The SMILES string of the molecule is Nc1cc(Cl)ccc1C(=O)N1CCC(c2ccnc3[nH]c(=O)[nH]c23)CC1. The van der Waals surface area contributed by atoms with Gasteiger partial charge in [0, 0.05) is 30.0 Å². The number of likely N-dealkylation sites (tertiary alicyclic amines) is 1. The van der Waals surface area contributed by atoms with Crippen LogP contribution in [0.25, 0.3) is 11.2 Å². The Kier molecular flexibility index (Phi) is 4.16. The number of aromatic nitrogens is 3. The molecule has 4 rings (SSSR count). The van der Waals surface area contributed by atoms with Gasteiger partial charge in [0.15, 0.2) is 5.65 Å². The van der Waals surface area contributed by atoms with Gasteiger partial charge in [-0.05, 0) is 48.6 Å². The molecular formula is C18H18ClN5O2. The molecule has 1 aliphatic rings. The highest BCUT2D eigenvalue weighted by Crippen LogP contribution is 2.32. The number of nitrogens with zero attached hydrogens (tertiary/aromatic N) is 2. The van der Waals surface area contributed by atoms with Gasteiger partial charge in [-0.1, -0.05) is 11.6 Å². The second-order valence-electron chi connectivity index (χ2n) is 6.50. The summed E-state index contributed by atoms with van der Waals surface area (Å²) in [5.74, 6) is 0.186. The average molecular weight is 372 g/mol. The fourth-order valence-corrected chi connectivity index (χ4v) is 3.77. The first-order chi connectivity index (χ1) is 12.5. The topological polar surface area (TPSA) is 108 Å². The maximum absolute atomic E-state index is 12.7. The Hall–Kier alpha value is -2.80. The van der Waals surface area contributed by atoms with Crippen LogP contribution >= 0.6 is 11.6 Å². The number of carbonyl (C=O) groups is 1. The van der Waals surface area contributed by atoms with Crippen molar-refractivity contribution in [2.45, 2.75) is 18.8 Å². The van der Waals surface area contributed by atoms with Crippen LogP contribution in [0.15, 0.2) is 35.3 Å². The van der Waals surface area contributed by atoms with E-state index in [1.54, 1.807) is 24.4 Å². The van der Waals surface area contributed by atoms with Crippen LogP contribution < -0.4 is 11.4 Å². The average Bonchev–Trinajstić information content (AvgIpc) is 3.01. The number of amides is 1. The lowest BCUT2D eigenvalue weighted by Crippen LogP contribution is -2.38. The number of nitrogen functional groups attached to an aromatic ring is 1. The minimum atomic E-state index is -0.259. The van der Waals surface area contributed by atoms with E-state index in [0.29, 0.717) is 35.0 Å². The Morgan fingerprint density at radius 2 is 2.00 bits per heavy atom. The number of hydrogen-bond acceptors (Lipinski definition) is 4. The van der Waals surface area contributed by atoms with Gasteiger partial charge >= 0.3 is 5.69 Å². The van der Waals surface area contributed by atoms with Crippen molar-refractivity contribution in [3.8, 4) is 0 Å². The molecule has 26 heavy (non-hydrogen) atoms. The number of aromatic amines is 2. The second-order valence-corrected chi connectivity index (χ2v) is 6.94. The Labute approximate surface area is 154 Å². The van der Waals surface area contributed by atoms with E-state index in [-0.39, 0.29) is 17.5 Å². The van der Waals surface area contributed by atoms with E-state index in [1.165, 1.54) is 0 Å². The van der Waals surface area contributed by atoms with Crippen molar-refractivity contribution in [1.82, 2.24) is 19.9 Å². The summed E-state index contributed by atoms with van der Waals surface area (Å²) in [7, 11) is 0.